The highest BCUT2D eigenvalue weighted by Crippen LogP contribution is 2.27. The minimum Gasteiger partial charge on any atom is -0.452 e. The van der Waals surface area contributed by atoms with Gasteiger partial charge in [-0.1, -0.05) is 6.07 Å². The molecule has 0 spiro atoms. The van der Waals surface area contributed by atoms with E-state index in [0.29, 0.717) is 0 Å². The van der Waals surface area contributed by atoms with Crippen LogP contribution in [0.1, 0.15) is 38.3 Å². The lowest BCUT2D eigenvalue weighted by Crippen LogP contribution is -2.46. The summed E-state index contributed by atoms with van der Waals surface area (Å²) in [6.07, 6.45) is 2.37. The summed E-state index contributed by atoms with van der Waals surface area (Å²) in [7, 11) is 0. The molecule has 25 heavy (non-hydrogen) atoms. The zero-order valence-electron chi connectivity index (χ0n) is 14.8. The van der Waals surface area contributed by atoms with Crippen molar-refractivity contribution in [2.75, 3.05) is 5.75 Å². The number of urea groups is 1. The average molecular weight is 364 g/mol. The van der Waals surface area contributed by atoms with E-state index in [4.69, 9.17) is 4.74 Å². The maximum Gasteiger partial charge on any atom is 0.321 e. The summed E-state index contributed by atoms with van der Waals surface area (Å²) in [6.45, 7) is 5.00. The molecule has 3 amide bonds. The van der Waals surface area contributed by atoms with Crippen molar-refractivity contribution >= 4 is 29.7 Å². The highest BCUT2D eigenvalue weighted by atomic mass is 32.2. The van der Waals surface area contributed by atoms with Crippen molar-refractivity contribution in [3.05, 3.63) is 29.3 Å². The van der Waals surface area contributed by atoms with Gasteiger partial charge in [0.05, 0.1) is 5.75 Å². The smallest absolute Gasteiger partial charge is 0.321 e. The molecule has 1 aliphatic carbocycles. The Bertz CT molecular complexity index is 660. The van der Waals surface area contributed by atoms with E-state index in [2.05, 4.69) is 22.8 Å². The zero-order valence-corrected chi connectivity index (χ0v) is 15.6. The number of fused-ring (bicyclic) bond motifs is 1. The Labute approximate surface area is 152 Å². The van der Waals surface area contributed by atoms with Gasteiger partial charge in [0.25, 0.3) is 5.91 Å². The van der Waals surface area contributed by atoms with Crippen molar-refractivity contribution in [2.24, 2.45) is 0 Å². The monoisotopic (exact) mass is 364 g/mol. The van der Waals surface area contributed by atoms with Crippen LogP contribution in [-0.2, 0) is 27.2 Å². The molecule has 0 radical (unpaired) electrons. The van der Waals surface area contributed by atoms with Crippen LogP contribution in [0.3, 0.4) is 0 Å². The van der Waals surface area contributed by atoms with Crippen molar-refractivity contribution in [1.29, 1.82) is 0 Å². The van der Waals surface area contributed by atoms with Gasteiger partial charge in [0.15, 0.2) is 6.10 Å². The van der Waals surface area contributed by atoms with Crippen LogP contribution >= 0.6 is 11.8 Å². The molecule has 1 aromatic carbocycles. The van der Waals surface area contributed by atoms with Gasteiger partial charge in [-0.15, -0.1) is 11.8 Å². The van der Waals surface area contributed by atoms with E-state index in [1.165, 1.54) is 36.2 Å². The lowest BCUT2D eigenvalue weighted by molar-refractivity contribution is -0.151. The molecule has 0 fully saturated rings. The van der Waals surface area contributed by atoms with Crippen molar-refractivity contribution in [2.45, 2.75) is 57.1 Å². The minimum atomic E-state index is -1.02. The van der Waals surface area contributed by atoms with Gasteiger partial charge in [0.2, 0.25) is 0 Å². The van der Waals surface area contributed by atoms with Crippen LogP contribution in [0.25, 0.3) is 0 Å². The third-order valence-corrected chi connectivity index (χ3v) is 4.73. The molecule has 0 bridgehead atoms. The Balaban J connectivity index is 1.75. The molecule has 0 unspecified atom stereocenters. The maximum absolute atomic E-state index is 11.9. The molecular weight excluding hydrogens is 340 g/mol. The first-order valence-corrected chi connectivity index (χ1v) is 9.39. The number of ether oxygens (including phenoxy) is 1. The molecule has 7 heteroatoms. The molecule has 0 aromatic heterocycles. The van der Waals surface area contributed by atoms with Crippen LogP contribution in [0, 0.1) is 0 Å². The van der Waals surface area contributed by atoms with Gasteiger partial charge in [-0.05, 0) is 63.3 Å². The predicted octanol–water partition coefficient (Wildman–Crippen LogP) is 2.43. The summed E-state index contributed by atoms with van der Waals surface area (Å²) >= 11 is 1.39. The Hall–Kier alpha value is -2.02. The molecule has 1 aromatic rings. The van der Waals surface area contributed by atoms with E-state index in [9.17, 15) is 14.4 Å². The van der Waals surface area contributed by atoms with E-state index in [0.717, 1.165) is 17.7 Å². The fourth-order valence-corrected chi connectivity index (χ4v) is 3.32. The van der Waals surface area contributed by atoms with Crippen LogP contribution in [0.5, 0.6) is 0 Å². The SMILES string of the molecule is CC(C)NC(=O)NC(=O)[C@@H](C)OC(=O)CSc1ccc2c(c1)CCC2. The van der Waals surface area contributed by atoms with E-state index in [1.807, 2.05) is 6.07 Å². The number of rotatable bonds is 6. The van der Waals surface area contributed by atoms with Gasteiger partial charge >= 0.3 is 12.0 Å². The molecule has 136 valence electrons. The highest BCUT2D eigenvalue weighted by Gasteiger charge is 2.20. The maximum atomic E-state index is 11.9. The summed E-state index contributed by atoms with van der Waals surface area (Å²) in [5, 5.41) is 4.68. The van der Waals surface area contributed by atoms with Crippen LogP contribution in [0.15, 0.2) is 23.1 Å². The Kier molecular flexibility index (Phi) is 6.87. The van der Waals surface area contributed by atoms with Crippen LogP contribution in [0.4, 0.5) is 4.79 Å². The normalized spacial score (nSPS) is 13.9. The fourth-order valence-electron chi connectivity index (χ4n) is 2.58. The number of carbonyl (C=O) groups excluding carboxylic acids is 3. The number of thioether (sulfide) groups is 1. The lowest BCUT2D eigenvalue weighted by atomic mass is 10.1. The van der Waals surface area contributed by atoms with Gasteiger partial charge in [0, 0.05) is 10.9 Å². The van der Waals surface area contributed by atoms with Gasteiger partial charge < -0.3 is 10.1 Å². The average Bonchev–Trinajstić information content (AvgIpc) is 2.99. The Morgan fingerprint density at radius 2 is 1.88 bits per heavy atom. The van der Waals surface area contributed by atoms with Crippen molar-refractivity contribution < 1.29 is 19.1 Å². The summed E-state index contributed by atoms with van der Waals surface area (Å²) in [6, 6.07) is 5.55. The van der Waals surface area contributed by atoms with Crippen molar-refractivity contribution in [3.8, 4) is 0 Å². The molecular formula is C18H24N2O4S. The highest BCUT2D eigenvalue weighted by molar-refractivity contribution is 8.00. The van der Waals surface area contributed by atoms with E-state index in [1.54, 1.807) is 13.8 Å². The first-order valence-electron chi connectivity index (χ1n) is 8.40. The van der Waals surface area contributed by atoms with Gasteiger partial charge in [-0.3, -0.25) is 14.9 Å². The molecule has 1 aliphatic rings. The first-order chi connectivity index (χ1) is 11.8. The molecule has 2 N–H and O–H groups in total. The van der Waals surface area contributed by atoms with Gasteiger partial charge in [-0.2, -0.15) is 0 Å². The largest absolute Gasteiger partial charge is 0.452 e. The second kappa shape index (κ2) is 8.89. The second-order valence-corrected chi connectivity index (χ2v) is 7.37. The van der Waals surface area contributed by atoms with Crippen LogP contribution in [0.2, 0.25) is 0 Å². The van der Waals surface area contributed by atoms with Crippen LogP contribution in [-0.4, -0.2) is 35.8 Å². The molecule has 0 saturated carbocycles. The standard InChI is InChI=1S/C18H24N2O4S/c1-11(2)19-18(23)20-17(22)12(3)24-16(21)10-25-15-8-7-13-5-4-6-14(13)9-15/h7-9,11-12H,4-6,10H2,1-3H3,(H2,19,20,22,23)/t12-/m1/s1. The molecule has 2 rings (SSSR count). The number of benzene rings is 1. The predicted molar refractivity (Wildman–Crippen MR) is 96.6 cm³/mol. The lowest BCUT2D eigenvalue weighted by Gasteiger charge is -2.14. The zero-order chi connectivity index (χ0) is 18.4. The van der Waals surface area contributed by atoms with Crippen LogP contribution < -0.4 is 10.6 Å². The fraction of sp³-hybridized carbons (Fsp3) is 0.500. The minimum absolute atomic E-state index is 0.0885. The topological polar surface area (TPSA) is 84.5 Å². The van der Waals surface area contributed by atoms with Crippen molar-refractivity contribution in [3.63, 3.8) is 0 Å². The summed E-state index contributed by atoms with van der Waals surface area (Å²) in [4.78, 5) is 36.2. The summed E-state index contributed by atoms with van der Waals surface area (Å²) in [5.41, 5.74) is 2.74. The number of imide groups is 1. The molecule has 0 aliphatic heterocycles. The molecule has 0 heterocycles. The number of amides is 3. The Morgan fingerprint density at radius 3 is 2.60 bits per heavy atom. The second-order valence-electron chi connectivity index (χ2n) is 6.32. The third-order valence-electron chi connectivity index (χ3n) is 3.76. The molecule has 0 saturated heterocycles. The van der Waals surface area contributed by atoms with Gasteiger partial charge in [-0.25, -0.2) is 4.79 Å². The number of carbonyl (C=O) groups is 3. The van der Waals surface area contributed by atoms with E-state index in [-0.39, 0.29) is 11.8 Å². The third kappa shape index (κ3) is 6.08. The quantitative estimate of drug-likeness (QED) is 0.598. The molecule has 1 atom stereocenters. The number of aryl methyl sites for hydroxylation is 2. The number of nitrogens with one attached hydrogen (secondary N) is 2. The van der Waals surface area contributed by atoms with E-state index >= 15 is 0 Å². The first kappa shape index (κ1) is 19.3. The number of esters is 1. The molecule has 6 nitrogen and oxygen atoms in total. The number of hydrogen-bond acceptors (Lipinski definition) is 5. The van der Waals surface area contributed by atoms with E-state index < -0.39 is 24.0 Å². The summed E-state index contributed by atoms with van der Waals surface area (Å²) in [5.74, 6) is -1.01. The van der Waals surface area contributed by atoms with Gasteiger partial charge in [0.1, 0.15) is 0 Å². The summed E-state index contributed by atoms with van der Waals surface area (Å²) < 4.78 is 5.08. The number of hydrogen-bond donors (Lipinski definition) is 2. The Morgan fingerprint density at radius 1 is 1.16 bits per heavy atom. The van der Waals surface area contributed by atoms with Crippen molar-refractivity contribution in [1.82, 2.24) is 10.6 Å².